The summed E-state index contributed by atoms with van der Waals surface area (Å²) >= 11 is 1.66. The van der Waals surface area contributed by atoms with E-state index in [-0.39, 0.29) is 6.03 Å². The van der Waals surface area contributed by atoms with Crippen LogP contribution in [-0.4, -0.2) is 32.9 Å². The minimum atomic E-state index is 0.0460. The molecule has 6 rings (SSSR count). The Kier molecular flexibility index (Phi) is 6.91. The molecule has 0 saturated heterocycles. The first-order valence-electron chi connectivity index (χ1n) is 13.3. The van der Waals surface area contributed by atoms with Gasteiger partial charge in [0.15, 0.2) is 4.96 Å². The molecular weight excluding hydrogens is 476 g/mol. The number of nitrogens with one attached hydrogen (secondary N) is 1. The van der Waals surface area contributed by atoms with Crippen molar-refractivity contribution in [2.24, 2.45) is 0 Å². The molecule has 1 N–H and O–H groups in total. The zero-order valence-corrected chi connectivity index (χ0v) is 21.8. The molecule has 0 bridgehead atoms. The smallest absolute Gasteiger partial charge is 0.317 e. The molecule has 3 aromatic carbocycles. The van der Waals surface area contributed by atoms with Crippen molar-refractivity contribution >= 4 is 33.1 Å². The summed E-state index contributed by atoms with van der Waals surface area (Å²) < 4.78 is 2.19. The second-order valence-electron chi connectivity index (χ2n) is 10.0. The molecule has 6 heteroatoms. The summed E-state index contributed by atoms with van der Waals surface area (Å²) in [7, 11) is 0. The molecule has 2 amide bonds. The topological polar surface area (TPSA) is 49.6 Å². The molecule has 0 spiro atoms. The SMILES string of the molecule is O=C(NC1CCCCC1)N(CCc1csc2nc(-c3ccc4ccccc4c3)cn12)Cc1ccccc1. The van der Waals surface area contributed by atoms with E-state index in [4.69, 9.17) is 4.98 Å². The van der Waals surface area contributed by atoms with Gasteiger partial charge in [-0.25, -0.2) is 9.78 Å². The molecule has 2 aromatic heterocycles. The number of amides is 2. The van der Waals surface area contributed by atoms with Crippen molar-refractivity contribution in [2.45, 2.75) is 51.1 Å². The van der Waals surface area contributed by atoms with Crippen molar-refractivity contribution in [1.29, 1.82) is 0 Å². The van der Waals surface area contributed by atoms with Gasteiger partial charge in [0.25, 0.3) is 0 Å². The van der Waals surface area contributed by atoms with E-state index in [0.717, 1.165) is 41.0 Å². The summed E-state index contributed by atoms with van der Waals surface area (Å²) in [6, 6.07) is 25.5. The van der Waals surface area contributed by atoms with Crippen LogP contribution in [0.1, 0.15) is 43.4 Å². The zero-order valence-electron chi connectivity index (χ0n) is 21.0. The average molecular weight is 509 g/mol. The maximum absolute atomic E-state index is 13.3. The van der Waals surface area contributed by atoms with Gasteiger partial charge in [-0.2, -0.15) is 0 Å². The molecule has 5 nitrogen and oxygen atoms in total. The van der Waals surface area contributed by atoms with Crippen LogP contribution in [0.5, 0.6) is 0 Å². The summed E-state index contributed by atoms with van der Waals surface area (Å²) in [5.41, 5.74) is 4.44. The number of hydrogen-bond acceptors (Lipinski definition) is 3. The van der Waals surface area contributed by atoms with Gasteiger partial charge in [0.2, 0.25) is 0 Å². The van der Waals surface area contributed by atoms with E-state index in [9.17, 15) is 4.79 Å². The molecule has 1 aliphatic rings. The molecule has 2 heterocycles. The highest BCUT2D eigenvalue weighted by atomic mass is 32.1. The maximum atomic E-state index is 13.3. The number of fused-ring (bicyclic) bond motifs is 2. The van der Waals surface area contributed by atoms with E-state index in [1.165, 1.54) is 35.7 Å². The van der Waals surface area contributed by atoms with Crippen LogP contribution in [0.4, 0.5) is 4.79 Å². The van der Waals surface area contributed by atoms with Crippen LogP contribution in [0.25, 0.3) is 27.0 Å². The Morgan fingerprint density at radius 2 is 1.76 bits per heavy atom. The molecular formula is C31H32N4OS. The van der Waals surface area contributed by atoms with Crippen LogP contribution in [0.15, 0.2) is 84.4 Å². The van der Waals surface area contributed by atoms with E-state index in [1.807, 2.05) is 23.1 Å². The predicted molar refractivity (Wildman–Crippen MR) is 152 cm³/mol. The summed E-state index contributed by atoms with van der Waals surface area (Å²) in [5.74, 6) is 0. The van der Waals surface area contributed by atoms with Gasteiger partial charge in [0.05, 0.1) is 5.69 Å². The number of nitrogens with zero attached hydrogens (tertiary/aromatic N) is 3. The monoisotopic (exact) mass is 508 g/mol. The second kappa shape index (κ2) is 10.8. The fraction of sp³-hybridized carbons (Fsp3) is 0.290. The predicted octanol–water partition coefficient (Wildman–Crippen LogP) is 7.30. The summed E-state index contributed by atoms with van der Waals surface area (Å²) in [4.78, 5) is 21.2. The van der Waals surface area contributed by atoms with Crippen molar-refractivity contribution in [3.8, 4) is 11.3 Å². The lowest BCUT2D eigenvalue weighted by atomic mass is 9.96. The van der Waals surface area contributed by atoms with Crippen LogP contribution < -0.4 is 5.32 Å². The molecule has 188 valence electrons. The van der Waals surface area contributed by atoms with Crippen LogP contribution in [0, 0.1) is 0 Å². The summed E-state index contributed by atoms with van der Waals surface area (Å²) in [6.07, 6.45) is 8.77. The average Bonchev–Trinajstić information content (AvgIpc) is 3.53. The number of carbonyl (C=O) groups is 1. The fourth-order valence-electron chi connectivity index (χ4n) is 5.32. The molecule has 0 radical (unpaired) electrons. The van der Waals surface area contributed by atoms with Gasteiger partial charge >= 0.3 is 6.03 Å². The first kappa shape index (κ1) is 23.7. The third-order valence-electron chi connectivity index (χ3n) is 7.40. The van der Waals surface area contributed by atoms with Crippen molar-refractivity contribution in [2.75, 3.05) is 6.54 Å². The number of aromatic nitrogens is 2. The van der Waals surface area contributed by atoms with Crippen molar-refractivity contribution in [3.63, 3.8) is 0 Å². The van der Waals surface area contributed by atoms with Gasteiger partial charge < -0.3 is 10.2 Å². The van der Waals surface area contributed by atoms with E-state index in [1.54, 1.807) is 11.3 Å². The minimum Gasteiger partial charge on any atom is -0.335 e. The number of benzene rings is 3. The lowest BCUT2D eigenvalue weighted by Gasteiger charge is -2.28. The second-order valence-corrected chi connectivity index (χ2v) is 10.8. The van der Waals surface area contributed by atoms with Crippen molar-refractivity contribution in [1.82, 2.24) is 19.6 Å². The highest BCUT2D eigenvalue weighted by Gasteiger charge is 2.21. The molecule has 37 heavy (non-hydrogen) atoms. The van der Waals surface area contributed by atoms with Gasteiger partial charge in [0.1, 0.15) is 0 Å². The maximum Gasteiger partial charge on any atom is 0.317 e. The lowest BCUT2D eigenvalue weighted by Crippen LogP contribution is -2.45. The largest absolute Gasteiger partial charge is 0.335 e. The van der Waals surface area contributed by atoms with Crippen molar-refractivity contribution < 1.29 is 4.79 Å². The van der Waals surface area contributed by atoms with E-state index >= 15 is 0 Å². The van der Waals surface area contributed by atoms with Crippen molar-refractivity contribution in [3.05, 3.63) is 95.6 Å². The molecule has 5 aromatic rings. The minimum absolute atomic E-state index is 0.0460. The molecule has 1 fully saturated rings. The number of rotatable bonds is 7. The number of thiazole rings is 1. The van der Waals surface area contributed by atoms with Crippen LogP contribution in [0.3, 0.4) is 0 Å². The molecule has 0 aliphatic heterocycles. The molecule has 0 unspecified atom stereocenters. The van der Waals surface area contributed by atoms with Gasteiger partial charge in [-0.15, -0.1) is 11.3 Å². The Labute approximate surface area is 221 Å². The van der Waals surface area contributed by atoms with E-state index < -0.39 is 0 Å². The normalized spacial score (nSPS) is 14.3. The Morgan fingerprint density at radius 3 is 2.59 bits per heavy atom. The molecule has 0 atom stereocenters. The van der Waals surface area contributed by atoms with Gasteiger partial charge in [-0.3, -0.25) is 4.40 Å². The Balaban J connectivity index is 1.20. The van der Waals surface area contributed by atoms with E-state index in [2.05, 4.69) is 75.9 Å². The highest BCUT2D eigenvalue weighted by molar-refractivity contribution is 7.15. The third-order valence-corrected chi connectivity index (χ3v) is 8.29. The van der Waals surface area contributed by atoms with Crippen LogP contribution >= 0.6 is 11.3 Å². The zero-order chi connectivity index (χ0) is 25.0. The Hall–Kier alpha value is -3.64. The van der Waals surface area contributed by atoms with Gasteiger partial charge in [-0.05, 0) is 35.2 Å². The quantitative estimate of drug-likeness (QED) is 0.251. The highest BCUT2D eigenvalue weighted by Crippen LogP contribution is 2.27. The Bertz CT molecular complexity index is 1500. The van der Waals surface area contributed by atoms with Crippen LogP contribution in [-0.2, 0) is 13.0 Å². The fourth-order valence-corrected chi connectivity index (χ4v) is 6.22. The summed E-state index contributed by atoms with van der Waals surface area (Å²) in [6.45, 7) is 1.27. The Morgan fingerprint density at radius 1 is 0.973 bits per heavy atom. The first-order chi connectivity index (χ1) is 18.2. The number of imidazole rings is 1. The number of hydrogen-bond donors (Lipinski definition) is 1. The molecule has 1 saturated carbocycles. The van der Waals surface area contributed by atoms with Gasteiger partial charge in [-0.1, -0.05) is 86.0 Å². The molecule has 1 aliphatic carbocycles. The number of carbonyl (C=O) groups excluding carboxylic acids is 1. The van der Waals surface area contributed by atoms with Crippen LogP contribution in [0.2, 0.25) is 0 Å². The van der Waals surface area contributed by atoms with Gasteiger partial charge in [0, 0.05) is 48.4 Å². The van der Waals surface area contributed by atoms with E-state index in [0.29, 0.717) is 19.1 Å². The summed E-state index contributed by atoms with van der Waals surface area (Å²) in [5, 5.41) is 7.94. The third kappa shape index (κ3) is 5.39. The number of urea groups is 1. The lowest BCUT2D eigenvalue weighted by molar-refractivity contribution is 0.187. The first-order valence-corrected chi connectivity index (χ1v) is 14.1. The standard InChI is InChI=1S/C31H32N4OS/c36-30(32-27-13-5-2-6-14-27)34(20-23-9-3-1-4-10-23)18-17-28-22-37-31-33-29(21-35(28)31)26-16-15-24-11-7-8-12-25(24)19-26/h1,3-4,7-12,15-16,19,21-22,27H,2,5-6,13-14,17-18,20H2,(H,32,36).